The van der Waals surface area contributed by atoms with E-state index >= 15 is 0 Å². The SMILES string of the molecule is C[C@](O)(C(=O)Nc1cccc2c1C(=O)c1sccc1CS2(=O)=[OH+])C(F)(F)F. The third-order valence-electron chi connectivity index (χ3n) is 4.14. The predicted molar refractivity (Wildman–Crippen MR) is 91.6 cm³/mol. The van der Waals surface area contributed by atoms with Gasteiger partial charge in [-0.15, -0.1) is 11.3 Å². The summed E-state index contributed by atoms with van der Waals surface area (Å²) in [5.41, 5.74) is -4.11. The van der Waals surface area contributed by atoms with Crippen LogP contribution in [-0.2, 0) is 20.4 Å². The Morgan fingerprint density at radius 1 is 1.33 bits per heavy atom. The minimum atomic E-state index is -5.25. The zero-order chi connectivity index (χ0) is 20.2. The first kappa shape index (κ1) is 19.5. The van der Waals surface area contributed by atoms with Crippen LogP contribution < -0.4 is 5.32 Å². The maximum atomic E-state index is 12.9. The molecule has 0 radical (unpaired) electrons. The lowest BCUT2D eigenvalue weighted by Gasteiger charge is -2.25. The number of aliphatic hydroxyl groups is 1. The molecule has 2 atom stereocenters. The fourth-order valence-corrected chi connectivity index (χ4v) is 5.15. The first-order chi connectivity index (χ1) is 12.4. The molecule has 0 bridgehead atoms. The highest BCUT2D eigenvalue weighted by Gasteiger charge is 2.56. The van der Waals surface area contributed by atoms with Crippen molar-refractivity contribution in [2.75, 3.05) is 5.32 Å². The summed E-state index contributed by atoms with van der Waals surface area (Å²) in [6.45, 7) is 0.276. The summed E-state index contributed by atoms with van der Waals surface area (Å²) in [5, 5.41) is 12.9. The number of carbonyl (C=O) groups excluding carboxylic acids is 2. The number of carbonyl (C=O) groups is 2. The van der Waals surface area contributed by atoms with Crippen molar-refractivity contribution in [2.24, 2.45) is 0 Å². The standard InChI is InChI=1S/C16H12F3NO5S2/c1-15(23,16(17,18)19)14(22)20-9-3-2-4-10-11(9)12(21)13-8(5-6-26-13)7-27(10,24)25/h2-6,23H,7H2,1H3,(H,20,22)/p+1/t15-/m0/s1. The van der Waals surface area contributed by atoms with Crippen LogP contribution in [0.4, 0.5) is 18.9 Å². The lowest BCUT2D eigenvalue weighted by atomic mass is 10.0. The smallest absolute Gasteiger partial charge is 0.373 e. The first-order valence-corrected chi connectivity index (χ1v) is 10.0. The van der Waals surface area contributed by atoms with Gasteiger partial charge in [-0.05, 0) is 36.1 Å². The zero-order valence-corrected chi connectivity index (χ0v) is 15.3. The highest BCUT2D eigenvalue weighted by Crippen LogP contribution is 2.37. The van der Waals surface area contributed by atoms with Crippen molar-refractivity contribution in [2.45, 2.75) is 29.3 Å². The monoisotopic (exact) mass is 420 g/mol. The van der Waals surface area contributed by atoms with Gasteiger partial charge in [0.15, 0.2) is 0 Å². The molecule has 0 fully saturated rings. The molecule has 0 spiro atoms. The molecule has 1 aliphatic rings. The van der Waals surface area contributed by atoms with Gasteiger partial charge in [0, 0.05) is 0 Å². The van der Waals surface area contributed by atoms with Gasteiger partial charge in [0.2, 0.25) is 11.4 Å². The Hall–Kier alpha value is -2.24. The molecule has 1 aromatic heterocycles. The average molecular weight is 420 g/mol. The summed E-state index contributed by atoms with van der Waals surface area (Å²) in [4.78, 5) is 24.7. The van der Waals surface area contributed by atoms with Gasteiger partial charge in [-0.25, -0.2) is 4.21 Å². The topological polar surface area (TPSA) is 105 Å². The highest BCUT2D eigenvalue weighted by atomic mass is 32.2. The maximum absolute atomic E-state index is 12.9. The number of hydrogen-bond donors (Lipinski definition) is 2. The lowest BCUT2D eigenvalue weighted by Crippen LogP contribution is -2.52. The molecule has 2 heterocycles. The number of benzene rings is 1. The zero-order valence-electron chi connectivity index (χ0n) is 13.7. The third-order valence-corrected chi connectivity index (χ3v) is 6.83. The minimum absolute atomic E-state index is 0.166. The molecule has 144 valence electrons. The number of alkyl halides is 3. The molecule has 2 aromatic rings. The number of nitrogens with one attached hydrogen (secondary N) is 1. The van der Waals surface area contributed by atoms with E-state index in [1.807, 2.05) is 5.32 Å². The Labute approximate surface area is 155 Å². The first-order valence-electron chi connectivity index (χ1n) is 7.45. The molecule has 11 heteroatoms. The van der Waals surface area contributed by atoms with E-state index in [4.69, 9.17) is 0 Å². The van der Waals surface area contributed by atoms with Gasteiger partial charge >= 0.3 is 16.0 Å². The summed E-state index contributed by atoms with van der Waals surface area (Å²) in [6, 6.07) is 5.10. The molecular weight excluding hydrogens is 407 g/mol. The molecule has 1 aliphatic heterocycles. The van der Waals surface area contributed by atoms with Crippen molar-refractivity contribution in [3.8, 4) is 0 Å². The van der Waals surface area contributed by atoms with Crippen LogP contribution in [0.5, 0.6) is 0 Å². The summed E-state index contributed by atoms with van der Waals surface area (Å²) in [7, 11) is -3.72. The molecule has 6 nitrogen and oxygen atoms in total. The van der Waals surface area contributed by atoms with Crippen LogP contribution in [0.3, 0.4) is 0 Å². The van der Waals surface area contributed by atoms with Gasteiger partial charge in [0.05, 0.1) is 16.1 Å². The van der Waals surface area contributed by atoms with Crippen molar-refractivity contribution >= 4 is 38.6 Å². The highest BCUT2D eigenvalue weighted by molar-refractivity contribution is 7.90. The number of rotatable bonds is 2. The second kappa shape index (κ2) is 6.14. The number of thiophene rings is 1. The number of halogens is 3. The fourth-order valence-electron chi connectivity index (χ4n) is 2.56. The third kappa shape index (κ3) is 3.15. The molecular formula is C16H13F3NO5S2+. The van der Waals surface area contributed by atoms with Crippen molar-refractivity contribution < 1.29 is 36.3 Å². The number of amides is 1. The van der Waals surface area contributed by atoms with Crippen molar-refractivity contribution in [3.63, 3.8) is 0 Å². The predicted octanol–water partition coefficient (Wildman–Crippen LogP) is 2.68. The van der Waals surface area contributed by atoms with Crippen LogP contribution in [0, 0.1) is 0 Å². The lowest BCUT2D eigenvalue weighted by molar-refractivity contribution is -0.242. The van der Waals surface area contributed by atoms with Crippen molar-refractivity contribution in [1.29, 1.82) is 0 Å². The van der Waals surface area contributed by atoms with Gasteiger partial charge < -0.3 is 10.4 Å². The number of fused-ring (bicyclic) bond motifs is 2. The molecule has 0 aliphatic carbocycles. The van der Waals surface area contributed by atoms with Crippen molar-refractivity contribution in [1.82, 2.24) is 0 Å². The number of ketones is 1. The minimum Gasteiger partial charge on any atom is -0.373 e. The largest absolute Gasteiger partial charge is 0.426 e. The van der Waals surface area contributed by atoms with Crippen LogP contribution in [0.25, 0.3) is 0 Å². The summed E-state index contributed by atoms with van der Waals surface area (Å²) < 4.78 is 61.7. The number of hydrogen-bond acceptors (Lipinski definition) is 5. The Balaban J connectivity index is 2.15. The Morgan fingerprint density at radius 2 is 2.00 bits per heavy atom. The number of anilines is 1. The van der Waals surface area contributed by atoms with Gasteiger partial charge in [-0.1, -0.05) is 6.07 Å². The molecule has 1 aromatic carbocycles. The Morgan fingerprint density at radius 3 is 2.63 bits per heavy atom. The maximum Gasteiger partial charge on any atom is 0.426 e. The van der Waals surface area contributed by atoms with Crippen LogP contribution in [0.1, 0.15) is 27.7 Å². The fraction of sp³-hybridized carbons (Fsp3) is 0.250. The van der Waals surface area contributed by atoms with Crippen LogP contribution >= 0.6 is 11.3 Å². The normalized spacial score (nSPS) is 21.6. The van der Waals surface area contributed by atoms with Crippen LogP contribution in [0.15, 0.2) is 34.5 Å². The molecule has 0 saturated carbocycles. The molecule has 3 rings (SSSR count). The van der Waals surface area contributed by atoms with E-state index in [2.05, 4.69) is 0 Å². The average Bonchev–Trinajstić information content (AvgIpc) is 2.97. The van der Waals surface area contributed by atoms with E-state index in [1.165, 1.54) is 18.2 Å². The summed E-state index contributed by atoms with van der Waals surface area (Å²) in [5.74, 6) is -2.82. The van der Waals surface area contributed by atoms with Gasteiger partial charge in [-0.3, -0.25) is 9.59 Å². The second-order valence-corrected chi connectivity index (χ2v) is 9.02. The quantitative estimate of drug-likeness (QED) is 0.729. The van der Waals surface area contributed by atoms with E-state index in [-0.39, 0.29) is 33.7 Å². The van der Waals surface area contributed by atoms with Gasteiger partial charge in [-0.2, -0.15) is 17.4 Å². The van der Waals surface area contributed by atoms with E-state index in [0.29, 0.717) is 5.56 Å². The van der Waals surface area contributed by atoms with E-state index in [9.17, 15) is 36.3 Å². The molecule has 1 unspecified atom stereocenters. The second-order valence-electron chi connectivity index (χ2n) is 6.09. The Kier molecular flexibility index (Phi) is 4.44. The van der Waals surface area contributed by atoms with E-state index < -0.39 is 33.3 Å². The molecule has 3 N–H and O–H groups in total. The van der Waals surface area contributed by atoms with E-state index in [0.717, 1.165) is 17.4 Å². The molecule has 27 heavy (non-hydrogen) atoms. The van der Waals surface area contributed by atoms with Gasteiger partial charge in [0.1, 0.15) is 10.6 Å². The van der Waals surface area contributed by atoms with Crippen LogP contribution in [0.2, 0.25) is 0 Å². The van der Waals surface area contributed by atoms with Gasteiger partial charge in [0.25, 0.3) is 5.91 Å². The summed E-state index contributed by atoms with van der Waals surface area (Å²) in [6.07, 6.45) is -5.25. The van der Waals surface area contributed by atoms with E-state index in [1.54, 1.807) is 5.38 Å². The van der Waals surface area contributed by atoms with Crippen molar-refractivity contribution in [3.05, 3.63) is 45.6 Å². The molecule has 1 amide bonds. The van der Waals surface area contributed by atoms with Crippen LogP contribution in [-0.4, -0.2) is 37.0 Å². The summed E-state index contributed by atoms with van der Waals surface area (Å²) >= 11 is 1.02. The Bertz CT molecular complexity index is 1050. The molecule has 0 saturated heterocycles.